The van der Waals surface area contributed by atoms with Crippen molar-refractivity contribution in [3.05, 3.63) is 53.7 Å². The van der Waals surface area contributed by atoms with Gasteiger partial charge in [-0.05, 0) is 43.7 Å². The van der Waals surface area contributed by atoms with Gasteiger partial charge >= 0.3 is 0 Å². The van der Waals surface area contributed by atoms with E-state index in [1.807, 2.05) is 12.1 Å². The van der Waals surface area contributed by atoms with Crippen LogP contribution in [0, 0.1) is 11.3 Å². The molecule has 1 unspecified atom stereocenters. The summed E-state index contributed by atoms with van der Waals surface area (Å²) < 4.78 is 0. The summed E-state index contributed by atoms with van der Waals surface area (Å²) in [6.07, 6.45) is 4.93. The van der Waals surface area contributed by atoms with Crippen molar-refractivity contribution in [3.63, 3.8) is 0 Å². The fourth-order valence-electron chi connectivity index (χ4n) is 3.43. The maximum absolute atomic E-state index is 12.3. The zero-order valence-corrected chi connectivity index (χ0v) is 15.3. The molecular formula is C21H24N4O2. The van der Waals surface area contributed by atoms with Crippen LogP contribution in [0.4, 0.5) is 0 Å². The number of aliphatic hydroxyl groups excluding tert-OH is 1. The average molecular weight is 364 g/mol. The number of aliphatic hydroxyl groups is 1. The molecule has 0 spiro atoms. The number of piperidine rings is 1. The minimum absolute atomic E-state index is 0.113. The van der Waals surface area contributed by atoms with Gasteiger partial charge < -0.3 is 10.4 Å². The van der Waals surface area contributed by atoms with Gasteiger partial charge in [0.25, 0.3) is 5.91 Å². The lowest BCUT2D eigenvalue weighted by Gasteiger charge is -2.34. The number of hydrogen-bond donors (Lipinski definition) is 2. The summed E-state index contributed by atoms with van der Waals surface area (Å²) in [5.74, 6) is -0.113. The lowest BCUT2D eigenvalue weighted by Crippen LogP contribution is -2.45. The number of rotatable bonds is 6. The van der Waals surface area contributed by atoms with Crippen LogP contribution in [-0.2, 0) is 0 Å². The number of pyridine rings is 1. The normalized spacial score (nSPS) is 17.3. The Kier molecular flexibility index (Phi) is 6.53. The molecule has 1 atom stereocenters. The van der Waals surface area contributed by atoms with Gasteiger partial charge in [0.2, 0.25) is 0 Å². The van der Waals surface area contributed by atoms with E-state index in [1.54, 1.807) is 30.5 Å². The van der Waals surface area contributed by atoms with Gasteiger partial charge in [-0.1, -0.05) is 18.6 Å². The SMILES string of the molecule is N#Cc1ccnc(-c2ccc(C(=O)NCCN3CCCCC3CO)cc2)c1. The van der Waals surface area contributed by atoms with Crippen molar-refractivity contribution in [3.8, 4) is 17.3 Å². The Bertz CT molecular complexity index is 814. The summed E-state index contributed by atoms with van der Waals surface area (Å²) in [7, 11) is 0. The number of nitriles is 1. The minimum Gasteiger partial charge on any atom is -0.395 e. The monoisotopic (exact) mass is 364 g/mol. The lowest BCUT2D eigenvalue weighted by atomic mass is 10.0. The molecular weight excluding hydrogens is 340 g/mol. The van der Waals surface area contributed by atoms with Crippen LogP contribution >= 0.6 is 0 Å². The predicted molar refractivity (Wildman–Crippen MR) is 103 cm³/mol. The first-order valence-electron chi connectivity index (χ1n) is 9.31. The summed E-state index contributed by atoms with van der Waals surface area (Å²) >= 11 is 0. The molecule has 1 aliphatic heterocycles. The Hall–Kier alpha value is -2.75. The molecule has 27 heavy (non-hydrogen) atoms. The van der Waals surface area contributed by atoms with Gasteiger partial charge in [-0.25, -0.2) is 0 Å². The third-order valence-electron chi connectivity index (χ3n) is 4.98. The molecule has 1 amide bonds. The molecule has 2 heterocycles. The Morgan fingerprint density at radius 3 is 2.85 bits per heavy atom. The third kappa shape index (κ3) is 4.91. The highest BCUT2D eigenvalue weighted by Crippen LogP contribution is 2.19. The van der Waals surface area contributed by atoms with Crippen LogP contribution in [0.5, 0.6) is 0 Å². The first-order valence-corrected chi connectivity index (χ1v) is 9.31. The number of amides is 1. The van der Waals surface area contributed by atoms with Crippen molar-refractivity contribution in [1.82, 2.24) is 15.2 Å². The predicted octanol–water partition coefficient (Wildman–Crippen LogP) is 2.20. The molecule has 0 saturated carbocycles. The number of hydrogen-bond acceptors (Lipinski definition) is 5. The maximum Gasteiger partial charge on any atom is 0.251 e. The summed E-state index contributed by atoms with van der Waals surface area (Å²) in [6.45, 7) is 2.46. The van der Waals surface area contributed by atoms with Crippen molar-refractivity contribution in [1.29, 1.82) is 5.26 Å². The van der Waals surface area contributed by atoms with Gasteiger partial charge in [0.15, 0.2) is 0 Å². The molecule has 140 valence electrons. The van der Waals surface area contributed by atoms with Gasteiger partial charge in [-0.2, -0.15) is 5.26 Å². The molecule has 2 N–H and O–H groups in total. The molecule has 1 fully saturated rings. The number of likely N-dealkylation sites (tertiary alicyclic amines) is 1. The van der Waals surface area contributed by atoms with E-state index in [0.29, 0.717) is 23.4 Å². The van der Waals surface area contributed by atoms with E-state index in [-0.39, 0.29) is 18.6 Å². The van der Waals surface area contributed by atoms with E-state index in [2.05, 4.69) is 21.3 Å². The standard InChI is InChI=1S/C21H24N4O2/c22-14-16-8-9-23-20(13-16)17-4-6-18(7-5-17)21(27)24-10-12-25-11-2-1-3-19(25)15-26/h4-9,13,19,26H,1-3,10-12,15H2,(H,24,27). The lowest BCUT2D eigenvalue weighted by molar-refractivity contribution is 0.0849. The van der Waals surface area contributed by atoms with Crippen molar-refractivity contribution in [2.24, 2.45) is 0 Å². The molecule has 6 heteroatoms. The first kappa shape index (κ1) is 19.0. The second-order valence-electron chi connectivity index (χ2n) is 6.74. The first-order chi connectivity index (χ1) is 13.2. The van der Waals surface area contributed by atoms with Crippen molar-refractivity contribution in [2.75, 3.05) is 26.2 Å². The van der Waals surface area contributed by atoms with E-state index in [0.717, 1.165) is 37.9 Å². The number of benzene rings is 1. The van der Waals surface area contributed by atoms with E-state index in [9.17, 15) is 9.90 Å². The van der Waals surface area contributed by atoms with Crippen molar-refractivity contribution in [2.45, 2.75) is 25.3 Å². The third-order valence-corrected chi connectivity index (χ3v) is 4.98. The van der Waals surface area contributed by atoms with Crippen LogP contribution in [0.3, 0.4) is 0 Å². The second kappa shape index (κ2) is 9.26. The number of nitrogens with one attached hydrogen (secondary N) is 1. The molecule has 1 aromatic heterocycles. The zero-order valence-electron chi connectivity index (χ0n) is 15.3. The molecule has 1 aliphatic rings. The van der Waals surface area contributed by atoms with Crippen LogP contribution in [0.1, 0.15) is 35.2 Å². The number of nitrogens with zero attached hydrogens (tertiary/aromatic N) is 3. The molecule has 2 aromatic rings. The van der Waals surface area contributed by atoms with Gasteiger partial charge in [0, 0.05) is 36.5 Å². The van der Waals surface area contributed by atoms with Crippen LogP contribution in [0.25, 0.3) is 11.3 Å². The van der Waals surface area contributed by atoms with Crippen molar-refractivity contribution >= 4 is 5.91 Å². The fourth-order valence-corrected chi connectivity index (χ4v) is 3.43. The fraction of sp³-hybridized carbons (Fsp3) is 0.381. The van der Waals surface area contributed by atoms with E-state index >= 15 is 0 Å². The average Bonchev–Trinajstić information content (AvgIpc) is 2.74. The smallest absolute Gasteiger partial charge is 0.251 e. The Morgan fingerprint density at radius 1 is 1.30 bits per heavy atom. The molecule has 1 aromatic carbocycles. The Labute approximate surface area is 159 Å². The molecule has 3 rings (SSSR count). The van der Waals surface area contributed by atoms with Crippen LogP contribution in [0.15, 0.2) is 42.6 Å². The number of carbonyl (C=O) groups is 1. The van der Waals surface area contributed by atoms with E-state index in [4.69, 9.17) is 5.26 Å². The van der Waals surface area contributed by atoms with Gasteiger partial charge in [-0.3, -0.25) is 14.7 Å². The highest BCUT2D eigenvalue weighted by molar-refractivity contribution is 5.94. The Morgan fingerprint density at radius 2 is 2.11 bits per heavy atom. The quantitative estimate of drug-likeness (QED) is 0.820. The minimum atomic E-state index is -0.113. The van der Waals surface area contributed by atoms with E-state index in [1.165, 1.54) is 0 Å². The summed E-state index contributed by atoms with van der Waals surface area (Å²) in [4.78, 5) is 18.9. The number of aromatic nitrogens is 1. The van der Waals surface area contributed by atoms with Gasteiger partial charge in [-0.15, -0.1) is 0 Å². The zero-order chi connectivity index (χ0) is 19.1. The maximum atomic E-state index is 12.3. The highest BCUT2D eigenvalue weighted by Gasteiger charge is 2.21. The van der Waals surface area contributed by atoms with E-state index < -0.39 is 0 Å². The molecule has 0 radical (unpaired) electrons. The largest absolute Gasteiger partial charge is 0.395 e. The van der Waals surface area contributed by atoms with Crippen LogP contribution in [0.2, 0.25) is 0 Å². The molecule has 0 bridgehead atoms. The number of carbonyl (C=O) groups excluding carboxylic acids is 1. The summed E-state index contributed by atoms with van der Waals surface area (Å²) in [5, 5.41) is 21.4. The second-order valence-corrected chi connectivity index (χ2v) is 6.74. The summed E-state index contributed by atoms with van der Waals surface area (Å²) in [6, 6.07) is 12.9. The van der Waals surface area contributed by atoms with Gasteiger partial charge in [0.05, 0.1) is 23.9 Å². The Balaban J connectivity index is 1.55. The molecule has 1 saturated heterocycles. The van der Waals surface area contributed by atoms with Crippen LogP contribution < -0.4 is 5.32 Å². The molecule has 6 nitrogen and oxygen atoms in total. The topological polar surface area (TPSA) is 89.2 Å². The van der Waals surface area contributed by atoms with Crippen LogP contribution in [-0.4, -0.2) is 53.2 Å². The molecule has 0 aliphatic carbocycles. The van der Waals surface area contributed by atoms with Gasteiger partial charge in [0.1, 0.15) is 0 Å². The van der Waals surface area contributed by atoms with Crippen molar-refractivity contribution < 1.29 is 9.90 Å². The highest BCUT2D eigenvalue weighted by atomic mass is 16.3. The summed E-state index contributed by atoms with van der Waals surface area (Å²) in [5.41, 5.74) is 2.72.